The van der Waals surface area contributed by atoms with Crippen molar-refractivity contribution in [2.24, 2.45) is 5.10 Å². The number of hydrogen-bond acceptors (Lipinski definition) is 6. The lowest BCUT2D eigenvalue weighted by Gasteiger charge is -2.05. The maximum atomic E-state index is 5.42. The number of hydrazone groups is 1. The van der Waals surface area contributed by atoms with E-state index in [1.807, 2.05) is 44.2 Å². The summed E-state index contributed by atoms with van der Waals surface area (Å²) >= 11 is 0. The van der Waals surface area contributed by atoms with Crippen LogP contribution in [0.25, 0.3) is 5.65 Å². The van der Waals surface area contributed by atoms with Crippen LogP contribution in [0, 0.1) is 0 Å². The van der Waals surface area contributed by atoms with E-state index in [9.17, 15) is 0 Å². The number of aromatic nitrogens is 4. The molecule has 7 nitrogen and oxygen atoms in total. The van der Waals surface area contributed by atoms with Crippen LogP contribution in [0.5, 0.6) is 5.75 Å². The molecule has 3 rings (SSSR count). The number of benzene rings is 1. The summed E-state index contributed by atoms with van der Waals surface area (Å²) in [7, 11) is 0. The Bertz CT molecular complexity index is 793. The maximum Gasteiger partial charge on any atom is 0.177 e. The highest BCUT2D eigenvalue weighted by Gasteiger charge is 2.01. The van der Waals surface area contributed by atoms with E-state index in [1.54, 1.807) is 16.9 Å². The van der Waals surface area contributed by atoms with E-state index in [1.165, 1.54) is 0 Å². The Labute approximate surface area is 127 Å². The van der Waals surface area contributed by atoms with Crippen molar-refractivity contribution < 1.29 is 4.74 Å². The molecule has 112 valence electrons. The highest BCUT2D eigenvalue weighted by atomic mass is 16.5. The van der Waals surface area contributed by atoms with E-state index < -0.39 is 0 Å². The van der Waals surface area contributed by atoms with Crippen LogP contribution in [-0.4, -0.2) is 32.1 Å². The molecule has 0 atom stereocenters. The molecule has 0 aliphatic rings. The van der Waals surface area contributed by atoms with Gasteiger partial charge in [-0.25, -0.2) is 0 Å². The molecule has 0 unspecified atom stereocenters. The highest BCUT2D eigenvalue weighted by molar-refractivity contribution is 5.99. The number of rotatable bonds is 5. The summed E-state index contributed by atoms with van der Waals surface area (Å²) in [6, 6.07) is 11.4. The minimum atomic E-state index is 0.623. The smallest absolute Gasteiger partial charge is 0.177 e. The van der Waals surface area contributed by atoms with Gasteiger partial charge in [0.25, 0.3) is 0 Å². The first-order chi connectivity index (χ1) is 10.8. The molecule has 0 saturated heterocycles. The zero-order chi connectivity index (χ0) is 15.4. The molecule has 2 aromatic heterocycles. The second-order valence-corrected chi connectivity index (χ2v) is 4.62. The third-order valence-electron chi connectivity index (χ3n) is 3.08. The molecule has 1 N–H and O–H groups in total. The van der Waals surface area contributed by atoms with Crippen LogP contribution in [-0.2, 0) is 0 Å². The van der Waals surface area contributed by atoms with Crippen LogP contribution in [0.3, 0.4) is 0 Å². The van der Waals surface area contributed by atoms with Crippen LogP contribution in [0.1, 0.15) is 19.4 Å². The molecule has 0 fully saturated rings. The molecule has 0 radical (unpaired) electrons. The standard InChI is InChI=1S/C15H16N6O/c1-3-22-13-6-4-12(5-7-13)11(2)17-18-14-8-9-15-19-16-10-21(15)20-14/h4-10H,3H2,1-2H3,(H,18,20)/b17-11+. The van der Waals surface area contributed by atoms with Crippen molar-refractivity contribution in [3.63, 3.8) is 0 Å². The molecule has 0 aliphatic carbocycles. The van der Waals surface area contributed by atoms with Gasteiger partial charge in [0.1, 0.15) is 12.1 Å². The first-order valence-corrected chi connectivity index (χ1v) is 6.97. The average molecular weight is 296 g/mol. The second kappa shape index (κ2) is 6.21. The Morgan fingerprint density at radius 2 is 2.05 bits per heavy atom. The van der Waals surface area contributed by atoms with E-state index in [-0.39, 0.29) is 0 Å². The lowest BCUT2D eigenvalue weighted by atomic mass is 10.1. The number of ether oxygens (including phenoxy) is 1. The molecule has 2 heterocycles. The van der Waals surface area contributed by atoms with Crippen LogP contribution in [0.4, 0.5) is 5.82 Å². The van der Waals surface area contributed by atoms with E-state index in [2.05, 4.69) is 25.8 Å². The molecular formula is C15H16N6O. The van der Waals surface area contributed by atoms with Crippen LogP contribution in [0.2, 0.25) is 0 Å². The summed E-state index contributed by atoms with van der Waals surface area (Å²) < 4.78 is 7.01. The monoisotopic (exact) mass is 296 g/mol. The molecule has 0 saturated carbocycles. The second-order valence-electron chi connectivity index (χ2n) is 4.62. The molecule has 7 heteroatoms. The minimum absolute atomic E-state index is 0.623. The number of nitrogens with zero attached hydrogens (tertiary/aromatic N) is 5. The zero-order valence-electron chi connectivity index (χ0n) is 12.4. The van der Waals surface area contributed by atoms with Gasteiger partial charge in [-0.1, -0.05) is 0 Å². The minimum Gasteiger partial charge on any atom is -0.494 e. The van der Waals surface area contributed by atoms with Crippen LogP contribution >= 0.6 is 0 Å². The molecule has 22 heavy (non-hydrogen) atoms. The average Bonchev–Trinajstić information content (AvgIpc) is 3.01. The topological polar surface area (TPSA) is 76.7 Å². The fraction of sp³-hybridized carbons (Fsp3) is 0.200. The first-order valence-electron chi connectivity index (χ1n) is 6.97. The van der Waals surface area contributed by atoms with Gasteiger partial charge in [-0.15, -0.1) is 15.3 Å². The third kappa shape index (κ3) is 3.03. The van der Waals surface area contributed by atoms with Crippen molar-refractivity contribution in [3.05, 3.63) is 48.3 Å². The quantitative estimate of drug-likeness (QED) is 0.577. The van der Waals surface area contributed by atoms with Crippen LogP contribution in [0.15, 0.2) is 47.8 Å². The van der Waals surface area contributed by atoms with E-state index in [4.69, 9.17) is 4.74 Å². The molecule has 0 aliphatic heterocycles. The largest absolute Gasteiger partial charge is 0.494 e. The van der Waals surface area contributed by atoms with E-state index >= 15 is 0 Å². The number of hydrogen-bond donors (Lipinski definition) is 1. The zero-order valence-corrected chi connectivity index (χ0v) is 12.4. The fourth-order valence-corrected chi connectivity index (χ4v) is 1.95. The number of anilines is 1. The maximum absolute atomic E-state index is 5.42. The fourth-order valence-electron chi connectivity index (χ4n) is 1.95. The Morgan fingerprint density at radius 1 is 1.23 bits per heavy atom. The van der Waals surface area contributed by atoms with Crippen molar-refractivity contribution in [3.8, 4) is 5.75 Å². The first kappa shape index (κ1) is 14.0. The third-order valence-corrected chi connectivity index (χ3v) is 3.08. The summed E-state index contributed by atoms with van der Waals surface area (Å²) in [6.07, 6.45) is 1.55. The molecular weight excluding hydrogens is 280 g/mol. The Hall–Kier alpha value is -2.96. The van der Waals surface area contributed by atoms with Crippen LogP contribution < -0.4 is 10.2 Å². The van der Waals surface area contributed by atoms with Crippen molar-refractivity contribution in [2.75, 3.05) is 12.0 Å². The Morgan fingerprint density at radius 3 is 2.82 bits per heavy atom. The lowest BCUT2D eigenvalue weighted by Crippen LogP contribution is -2.02. The van der Waals surface area contributed by atoms with Gasteiger partial charge in [-0.2, -0.15) is 9.62 Å². The predicted octanol–water partition coefficient (Wildman–Crippen LogP) is 2.36. The summed E-state index contributed by atoms with van der Waals surface area (Å²) in [4.78, 5) is 0. The summed E-state index contributed by atoms with van der Waals surface area (Å²) in [5.74, 6) is 1.48. The summed E-state index contributed by atoms with van der Waals surface area (Å²) in [6.45, 7) is 4.55. The SMILES string of the molecule is CCOc1ccc(/C(C)=N/Nc2ccc3nncn3n2)cc1. The van der Waals surface area contributed by atoms with Gasteiger partial charge in [-0.05, 0) is 55.8 Å². The van der Waals surface area contributed by atoms with Crippen molar-refractivity contribution >= 4 is 17.2 Å². The Balaban J connectivity index is 1.73. The van der Waals surface area contributed by atoms with Gasteiger partial charge < -0.3 is 4.74 Å². The normalized spacial score (nSPS) is 11.6. The predicted molar refractivity (Wildman–Crippen MR) is 84.2 cm³/mol. The number of nitrogens with one attached hydrogen (secondary N) is 1. The van der Waals surface area contributed by atoms with Crippen molar-refractivity contribution in [2.45, 2.75) is 13.8 Å². The molecule has 0 amide bonds. The van der Waals surface area contributed by atoms with E-state index in [0.717, 1.165) is 17.0 Å². The summed E-state index contributed by atoms with van der Waals surface area (Å²) in [5, 5.41) is 16.3. The van der Waals surface area contributed by atoms with Gasteiger partial charge in [0, 0.05) is 0 Å². The molecule has 1 aromatic carbocycles. The van der Waals surface area contributed by atoms with Crippen molar-refractivity contribution in [1.29, 1.82) is 0 Å². The van der Waals surface area contributed by atoms with Gasteiger partial charge in [0.2, 0.25) is 0 Å². The Kier molecular flexibility index (Phi) is 3.95. The lowest BCUT2D eigenvalue weighted by molar-refractivity contribution is 0.340. The molecule has 0 spiro atoms. The van der Waals surface area contributed by atoms with Gasteiger partial charge >= 0.3 is 0 Å². The van der Waals surface area contributed by atoms with Crippen molar-refractivity contribution in [1.82, 2.24) is 19.8 Å². The molecule has 0 bridgehead atoms. The highest BCUT2D eigenvalue weighted by Crippen LogP contribution is 2.13. The van der Waals surface area contributed by atoms with Gasteiger partial charge in [0.15, 0.2) is 11.5 Å². The van der Waals surface area contributed by atoms with Gasteiger partial charge in [-0.3, -0.25) is 5.43 Å². The van der Waals surface area contributed by atoms with Gasteiger partial charge in [0.05, 0.1) is 12.3 Å². The van der Waals surface area contributed by atoms with E-state index in [0.29, 0.717) is 18.1 Å². The summed E-state index contributed by atoms with van der Waals surface area (Å²) in [5.41, 5.74) is 5.50. The number of fused-ring (bicyclic) bond motifs is 1. The molecule has 3 aromatic rings.